The summed E-state index contributed by atoms with van der Waals surface area (Å²) in [5.41, 5.74) is 5.47. The van der Waals surface area contributed by atoms with E-state index in [9.17, 15) is 15.2 Å². The van der Waals surface area contributed by atoms with Gasteiger partial charge in [-0.05, 0) is 31.7 Å². The molecule has 0 unspecified atom stereocenters. The number of aliphatic hydroxyl groups is 1. The van der Waals surface area contributed by atoms with Crippen LogP contribution >= 0.6 is 0 Å². The van der Waals surface area contributed by atoms with Crippen LogP contribution in [0.2, 0.25) is 0 Å². The third kappa shape index (κ3) is 2.86. The molecule has 0 bridgehead atoms. The molecule has 0 saturated heterocycles. The molecular weight excluding hydrogens is 236 g/mol. The monoisotopic (exact) mass is 252 g/mol. The summed E-state index contributed by atoms with van der Waals surface area (Å²) >= 11 is 0. The van der Waals surface area contributed by atoms with Crippen molar-refractivity contribution in [2.75, 3.05) is 11.1 Å². The highest BCUT2D eigenvalue weighted by Gasteiger charge is 2.23. The zero-order valence-electron chi connectivity index (χ0n) is 9.87. The third-order valence-electron chi connectivity index (χ3n) is 3.13. The van der Waals surface area contributed by atoms with Crippen LogP contribution in [0.5, 0.6) is 0 Å². The Kier molecular flexibility index (Phi) is 3.61. The van der Waals surface area contributed by atoms with Gasteiger partial charge in [0.25, 0.3) is 0 Å². The lowest BCUT2D eigenvalue weighted by atomic mass is 9.93. The van der Waals surface area contributed by atoms with E-state index in [0.717, 1.165) is 12.8 Å². The summed E-state index contributed by atoms with van der Waals surface area (Å²) in [6.07, 6.45) is 2.69. The SMILES string of the molecule is Nc1ccc([N+](=O)[O-])c(NC2CCC(O)CC2)n1. The zero-order valence-corrected chi connectivity index (χ0v) is 9.87. The Hall–Kier alpha value is -1.89. The van der Waals surface area contributed by atoms with Crippen LogP contribution in [-0.4, -0.2) is 27.2 Å². The second-order valence-electron chi connectivity index (χ2n) is 4.51. The van der Waals surface area contributed by atoms with Crippen molar-refractivity contribution in [2.45, 2.75) is 37.8 Å². The van der Waals surface area contributed by atoms with Crippen molar-refractivity contribution >= 4 is 17.3 Å². The molecule has 0 atom stereocenters. The molecular formula is C11H16N4O3. The van der Waals surface area contributed by atoms with Gasteiger partial charge in [0, 0.05) is 12.1 Å². The molecule has 1 aromatic heterocycles. The summed E-state index contributed by atoms with van der Waals surface area (Å²) in [7, 11) is 0. The summed E-state index contributed by atoms with van der Waals surface area (Å²) in [5.74, 6) is 0.459. The first kappa shape index (κ1) is 12.6. The van der Waals surface area contributed by atoms with E-state index in [2.05, 4.69) is 10.3 Å². The number of aromatic nitrogens is 1. The maximum absolute atomic E-state index is 10.9. The first-order chi connectivity index (χ1) is 8.56. The van der Waals surface area contributed by atoms with Crippen LogP contribution in [0, 0.1) is 10.1 Å². The Morgan fingerprint density at radius 1 is 1.39 bits per heavy atom. The van der Waals surface area contributed by atoms with E-state index in [1.807, 2.05) is 0 Å². The average molecular weight is 252 g/mol. The number of hydrogen-bond donors (Lipinski definition) is 3. The van der Waals surface area contributed by atoms with Gasteiger partial charge in [-0.25, -0.2) is 4.98 Å². The number of hydrogen-bond acceptors (Lipinski definition) is 6. The molecule has 0 aliphatic heterocycles. The lowest BCUT2D eigenvalue weighted by molar-refractivity contribution is -0.384. The second kappa shape index (κ2) is 5.18. The molecule has 2 rings (SSSR count). The number of anilines is 2. The van der Waals surface area contributed by atoms with E-state index in [1.54, 1.807) is 0 Å². The minimum absolute atomic E-state index is 0.0738. The van der Waals surface area contributed by atoms with Crippen molar-refractivity contribution in [3.63, 3.8) is 0 Å². The molecule has 1 aromatic rings. The number of nitrogen functional groups attached to an aromatic ring is 1. The van der Waals surface area contributed by atoms with E-state index in [0.29, 0.717) is 12.8 Å². The molecule has 4 N–H and O–H groups in total. The number of nitrogens with zero attached hydrogens (tertiary/aromatic N) is 2. The van der Waals surface area contributed by atoms with Crippen molar-refractivity contribution in [1.82, 2.24) is 4.98 Å². The largest absolute Gasteiger partial charge is 0.393 e. The van der Waals surface area contributed by atoms with Crippen LogP contribution < -0.4 is 11.1 Å². The average Bonchev–Trinajstić information content (AvgIpc) is 2.32. The van der Waals surface area contributed by atoms with Gasteiger partial charge in [0.05, 0.1) is 11.0 Å². The number of rotatable bonds is 3. The number of aliphatic hydroxyl groups excluding tert-OH is 1. The molecule has 1 saturated carbocycles. The molecule has 1 fully saturated rings. The molecule has 18 heavy (non-hydrogen) atoms. The van der Waals surface area contributed by atoms with Crippen LogP contribution in [0.4, 0.5) is 17.3 Å². The fraction of sp³-hybridized carbons (Fsp3) is 0.545. The first-order valence-corrected chi connectivity index (χ1v) is 5.92. The Bertz CT molecular complexity index is 444. The van der Waals surface area contributed by atoms with Gasteiger partial charge >= 0.3 is 5.69 Å². The molecule has 0 radical (unpaired) electrons. The molecule has 98 valence electrons. The lowest BCUT2D eigenvalue weighted by Gasteiger charge is -2.26. The van der Waals surface area contributed by atoms with Gasteiger partial charge in [-0.2, -0.15) is 0 Å². The van der Waals surface area contributed by atoms with Crippen LogP contribution in [0.1, 0.15) is 25.7 Å². The molecule has 1 heterocycles. The van der Waals surface area contributed by atoms with Crippen LogP contribution in [0.3, 0.4) is 0 Å². The fourth-order valence-corrected chi connectivity index (χ4v) is 2.13. The summed E-state index contributed by atoms with van der Waals surface area (Å²) in [6.45, 7) is 0. The van der Waals surface area contributed by atoms with Gasteiger partial charge in [-0.3, -0.25) is 10.1 Å². The van der Waals surface area contributed by atoms with Crippen molar-refractivity contribution in [2.24, 2.45) is 0 Å². The Balaban J connectivity index is 2.12. The maximum Gasteiger partial charge on any atom is 0.311 e. The molecule has 0 amide bonds. The van der Waals surface area contributed by atoms with Gasteiger partial charge in [0.15, 0.2) is 0 Å². The van der Waals surface area contributed by atoms with E-state index >= 15 is 0 Å². The van der Waals surface area contributed by atoms with E-state index in [4.69, 9.17) is 5.73 Å². The van der Waals surface area contributed by atoms with Crippen molar-refractivity contribution < 1.29 is 10.0 Å². The fourth-order valence-electron chi connectivity index (χ4n) is 2.13. The minimum Gasteiger partial charge on any atom is -0.393 e. The predicted molar refractivity (Wildman–Crippen MR) is 67.2 cm³/mol. The Labute approximate surface area is 104 Å². The summed E-state index contributed by atoms with van der Waals surface area (Å²) < 4.78 is 0. The Morgan fingerprint density at radius 2 is 2.06 bits per heavy atom. The van der Waals surface area contributed by atoms with Gasteiger partial charge in [0.1, 0.15) is 5.82 Å². The Morgan fingerprint density at radius 3 is 2.67 bits per heavy atom. The standard InChI is InChI=1S/C11H16N4O3/c12-10-6-5-9(15(17)18)11(14-10)13-7-1-3-8(16)4-2-7/h5-8,16H,1-4H2,(H3,12,13,14). The van der Waals surface area contributed by atoms with Crippen molar-refractivity contribution in [3.8, 4) is 0 Å². The van der Waals surface area contributed by atoms with Crippen LogP contribution in [-0.2, 0) is 0 Å². The second-order valence-corrected chi connectivity index (χ2v) is 4.51. The van der Waals surface area contributed by atoms with Gasteiger partial charge in [-0.1, -0.05) is 0 Å². The maximum atomic E-state index is 10.9. The van der Waals surface area contributed by atoms with Crippen LogP contribution in [0.15, 0.2) is 12.1 Å². The van der Waals surface area contributed by atoms with Crippen molar-refractivity contribution in [3.05, 3.63) is 22.2 Å². The highest BCUT2D eigenvalue weighted by molar-refractivity contribution is 5.59. The molecule has 0 spiro atoms. The molecule has 0 aromatic carbocycles. The smallest absolute Gasteiger partial charge is 0.311 e. The summed E-state index contributed by atoms with van der Waals surface area (Å²) in [5, 5.41) is 23.3. The highest BCUT2D eigenvalue weighted by Crippen LogP contribution is 2.27. The zero-order chi connectivity index (χ0) is 13.1. The highest BCUT2D eigenvalue weighted by atomic mass is 16.6. The summed E-state index contributed by atoms with van der Waals surface area (Å²) in [4.78, 5) is 14.4. The van der Waals surface area contributed by atoms with Gasteiger partial charge in [0.2, 0.25) is 5.82 Å². The third-order valence-corrected chi connectivity index (χ3v) is 3.13. The topological polar surface area (TPSA) is 114 Å². The van der Waals surface area contributed by atoms with E-state index in [1.165, 1.54) is 12.1 Å². The number of nitrogens with one attached hydrogen (secondary N) is 1. The quantitative estimate of drug-likeness (QED) is 0.551. The minimum atomic E-state index is -0.480. The molecule has 1 aliphatic carbocycles. The number of pyridine rings is 1. The first-order valence-electron chi connectivity index (χ1n) is 5.92. The van der Waals surface area contributed by atoms with Crippen molar-refractivity contribution in [1.29, 1.82) is 0 Å². The van der Waals surface area contributed by atoms with E-state index < -0.39 is 4.92 Å². The number of nitrogens with two attached hydrogens (primary N) is 1. The van der Waals surface area contributed by atoms with E-state index in [-0.39, 0.29) is 29.5 Å². The predicted octanol–water partition coefficient (Wildman–Crippen LogP) is 1.29. The molecule has 7 heteroatoms. The normalized spacial score (nSPS) is 23.6. The summed E-state index contributed by atoms with van der Waals surface area (Å²) in [6, 6.07) is 2.86. The van der Waals surface area contributed by atoms with Gasteiger partial charge in [-0.15, -0.1) is 0 Å². The molecule has 7 nitrogen and oxygen atoms in total. The molecule has 1 aliphatic rings. The number of nitro groups is 1. The lowest BCUT2D eigenvalue weighted by Crippen LogP contribution is -2.28. The van der Waals surface area contributed by atoms with Gasteiger partial charge < -0.3 is 16.2 Å². The van der Waals surface area contributed by atoms with Crippen LogP contribution in [0.25, 0.3) is 0 Å².